The van der Waals surface area contributed by atoms with Crippen LogP contribution in [-0.2, 0) is 0 Å². The molecule has 0 aliphatic rings. The van der Waals surface area contributed by atoms with Gasteiger partial charge in [-0.1, -0.05) is 37.3 Å². The van der Waals surface area contributed by atoms with Crippen molar-refractivity contribution in [3.63, 3.8) is 0 Å². The van der Waals surface area contributed by atoms with Crippen molar-refractivity contribution in [3.8, 4) is 0 Å². The largest absolute Gasteiger partial charge is 0.393 e. The van der Waals surface area contributed by atoms with Gasteiger partial charge in [0.25, 0.3) is 0 Å². The summed E-state index contributed by atoms with van der Waals surface area (Å²) >= 11 is 0. The zero-order valence-electron chi connectivity index (χ0n) is 9.63. The van der Waals surface area contributed by atoms with E-state index >= 15 is 0 Å². The minimum absolute atomic E-state index is 0.0891. The molecule has 0 saturated heterocycles. The van der Waals surface area contributed by atoms with Gasteiger partial charge in [0, 0.05) is 11.5 Å². The van der Waals surface area contributed by atoms with E-state index in [9.17, 15) is 9.90 Å². The van der Waals surface area contributed by atoms with Crippen LogP contribution in [-0.4, -0.2) is 28.2 Å². The molecule has 0 saturated carbocycles. The van der Waals surface area contributed by atoms with E-state index in [2.05, 4.69) is 0 Å². The standard InChI is InChI=1S/C13H18O3/c1-9(14)8-12(15)10(2)13(16)11-6-4-3-5-7-11/h3-7,9-10,12,14-15H,8H2,1-2H3. The molecular weight excluding hydrogens is 204 g/mol. The minimum Gasteiger partial charge on any atom is -0.393 e. The number of aliphatic hydroxyl groups excluding tert-OH is 2. The first kappa shape index (κ1) is 12.9. The molecule has 2 N–H and O–H groups in total. The van der Waals surface area contributed by atoms with E-state index in [0.29, 0.717) is 5.56 Å². The molecule has 3 atom stereocenters. The molecule has 0 aliphatic heterocycles. The van der Waals surface area contributed by atoms with Gasteiger partial charge >= 0.3 is 0 Å². The second-order valence-electron chi connectivity index (χ2n) is 4.17. The van der Waals surface area contributed by atoms with Crippen molar-refractivity contribution in [2.45, 2.75) is 32.5 Å². The highest BCUT2D eigenvalue weighted by atomic mass is 16.3. The zero-order chi connectivity index (χ0) is 12.1. The van der Waals surface area contributed by atoms with Crippen LogP contribution >= 0.6 is 0 Å². The maximum Gasteiger partial charge on any atom is 0.168 e. The Morgan fingerprint density at radius 1 is 1.19 bits per heavy atom. The minimum atomic E-state index is -0.798. The highest BCUT2D eigenvalue weighted by Gasteiger charge is 2.23. The highest BCUT2D eigenvalue weighted by molar-refractivity contribution is 5.97. The number of Topliss-reactive ketones (excluding diaryl/α,β-unsaturated/α-hetero) is 1. The molecule has 1 rings (SSSR count). The van der Waals surface area contributed by atoms with Crippen LogP contribution in [0.25, 0.3) is 0 Å². The Bertz CT molecular complexity index is 332. The smallest absolute Gasteiger partial charge is 0.168 e. The van der Waals surface area contributed by atoms with Gasteiger partial charge < -0.3 is 10.2 Å². The zero-order valence-corrected chi connectivity index (χ0v) is 9.63. The predicted octanol–water partition coefficient (Wildman–Crippen LogP) is 1.64. The van der Waals surface area contributed by atoms with Crippen LogP contribution in [0, 0.1) is 5.92 Å². The van der Waals surface area contributed by atoms with Crippen LogP contribution in [0.5, 0.6) is 0 Å². The lowest BCUT2D eigenvalue weighted by Crippen LogP contribution is -2.28. The average molecular weight is 222 g/mol. The number of hydrogen-bond acceptors (Lipinski definition) is 3. The van der Waals surface area contributed by atoms with Gasteiger partial charge in [0.05, 0.1) is 12.2 Å². The first-order chi connectivity index (χ1) is 7.52. The fraction of sp³-hybridized carbons (Fsp3) is 0.462. The van der Waals surface area contributed by atoms with E-state index in [4.69, 9.17) is 5.11 Å². The Kier molecular flexibility index (Phi) is 4.65. The second kappa shape index (κ2) is 5.77. The van der Waals surface area contributed by atoms with Crippen LogP contribution in [0.3, 0.4) is 0 Å². The maximum absolute atomic E-state index is 11.9. The molecule has 0 spiro atoms. The summed E-state index contributed by atoms with van der Waals surface area (Å²) in [7, 11) is 0. The molecule has 3 heteroatoms. The van der Waals surface area contributed by atoms with E-state index in [0.717, 1.165) is 0 Å². The summed E-state index contributed by atoms with van der Waals surface area (Å²) in [5, 5.41) is 18.9. The van der Waals surface area contributed by atoms with E-state index in [1.54, 1.807) is 38.1 Å². The van der Waals surface area contributed by atoms with E-state index in [1.165, 1.54) is 0 Å². The van der Waals surface area contributed by atoms with Gasteiger partial charge in [-0.25, -0.2) is 0 Å². The third-order valence-corrected chi connectivity index (χ3v) is 2.63. The summed E-state index contributed by atoms with van der Waals surface area (Å²) in [6.45, 7) is 3.28. The Morgan fingerprint density at radius 2 is 1.75 bits per heavy atom. The van der Waals surface area contributed by atoms with Gasteiger partial charge in [-0.2, -0.15) is 0 Å². The molecule has 0 fully saturated rings. The molecule has 16 heavy (non-hydrogen) atoms. The number of carbonyl (C=O) groups is 1. The van der Waals surface area contributed by atoms with E-state index in [-0.39, 0.29) is 12.2 Å². The monoisotopic (exact) mass is 222 g/mol. The fourth-order valence-corrected chi connectivity index (χ4v) is 1.59. The van der Waals surface area contributed by atoms with Gasteiger partial charge in [0.15, 0.2) is 5.78 Å². The average Bonchev–Trinajstić information content (AvgIpc) is 2.27. The molecule has 0 amide bonds. The Hall–Kier alpha value is -1.19. The van der Waals surface area contributed by atoms with Gasteiger partial charge in [-0.15, -0.1) is 0 Å². The quantitative estimate of drug-likeness (QED) is 0.744. The van der Waals surface area contributed by atoms with Gasteiger partial charge in [0.2, 0.25) is 0 Å². The number of rotatable bonds is 5. The lowest BCUT2D eigenvalue weighted by Gasteiger charge is -2.18. The highest BCUT2D eigenvalue weighted by Crippen LogP contribution is 2.15. The molecule has 1 aromatic rings. The fourth-order valence-electron chi connectivity index (χ4n) is 1.59. The van der Waals surface area contributed by atoms with Crippen molar-refractivity contribution in [1.82, 2.24) is 0 Å². The van der Waals surface area contributed by atoms with Crippen molar-refractivity contribution in [2.24, 2.45) is 5.92 Å². The lowest BCUT2D eigenvalue weighted by molar-refractivity contribution is 0.0482. The van der Waals surface area contributed by atoms with Gasteiger partial charge in [-0.3, -0.25) is 4.79 Å². The first-order valence-electron chi connectivity index (χ1n) is 5.47. The molecule has 0 aliphatic carbocycles. The van der Waals surface area contributed by atoms with Crippen LogP contribution in [0.15, 0.2) is 30.3 Å². The Morgan fingerprint density at radius 3 is 2.25 bits per heavy atom. The van der Waals surface area contributed by atoms with Crippen molar-refractivity contribution < 1.29 is 15.0 Å². The third-order valence-electron chi connectivity index (χ3n) is 2.63. The molecule has 1 aromatic carbocycles. The summed E-state index contributed by atoms with van der Waals surface area (Å²) in [6.07, 6.45) is -1.17. The van der Waals surface area contributed by atoms with Crippen molar-refractivity contribution in [2.75, 3.05) is 0 Å². The van der Waals surface area contributed by atoms with E-state index < -0.39 is 18.1 Å². The number of ketones is 1. The summed E-state index contributed by atoms with van der Waals surface area (Å²) in [5.41, 5.74) is 0.597. The van der Waals surface area contributed by atoms with Crippen molar-refractivity contribution in [3.05, 3.63) is 35.9 Å². The Balaban J connectivity index is 2.67. The van der Waals surface area contributed by atoms with Crippen LogP contribution in [0.2, 0.25) is 0 Å². The van der Waals surface area contributed by atoms with Crippen LogP contribution < -0.4 is 0 Å². The summed E-state index contributed by atoms with van der Waals surface area (Å²) in [4.78, 5) is 11.9. The van der Waals surface area contributed by atoms with Gasteiger partial charge in [0.1, 0.15) is 0 Å². The molecule has 3 unspecified atom stereocenters. The normalized spacial score (nSPS) is 16.5. The number of aliphatic hydroxyl groups is 2. The summed E-state index contributed by atoms with van der Waals surface area (Å²) in [5.74, 6) is -0.578. The molecule has 0 aromatic heterocycles. The molecule has 3 nitrogen and oxygen atoms in total. The molecule has 88 valence electrons. The van der Waals surface area contributed by atoms with Gasteiger partial charge in [-0.05, 0) is 13.3 Å². The topological polar surface area (TPSA) is 57.5 Å². The first-order valence-corrected chi connectivity index (χ1v) is 5.47. The van der Waals surface area contributed by atoms with Crippen molar-refractivity contribution in [1.29, 1.82) is 0 Å². The molecule has 0 heterocycles. The predicted molar refractivity (Wildman–Crippen MR) is 62.2 cm³/mol. The summed E-state index contributed by atoms with van der Waals surface area (Å²) in [6, 6.07) is 8.89. The molecular formula is C13H18O3. The number of carbonyl (C=O) groups excluding carboxylic acids is 1. The maximum atomic E-state index is 11.9. The Labute approximate surface area is 95.7 Å². The molecule has 0 radical (unpaired) electrons. The van der Waals surface area contributed by atoms with E-state index in [1.807, 2.05) is 6.07 Å². The molecule has 0 bridgehead atoms. The number of hydrogen-bond donors (Lipinski definition) is 2. The van der Waals surface area contributed by atoms with Crippen molar-refractivity contribution >= 4 is 5.78 Å². The third kappa shape index (κ3) is 3.43. The van der Waals surface area contributed by atoms with Crippen LogP contribution in [0.4, 0.5) is 0 Å². The number of benzene rings is 1. The van der Waals surface area contributed by atoms with Crippen LogP contribution in [0.1, 0.15) is 30.6 Å². The second-order valence-corrected chi connectivity index (χ2v) is 4.17. The lowest BCUT2D eigenvalue weighted by atomic mass is 9.91. The SMILES string of the molecule is CC(O)CC(O)C(C)C(=O)c1ccccc1. The summed E-state index contributed by atoms with van der Waals surface area (Å²) < 4.78 is 0.